The third-order valence-corrected chi connectivity index (χ3v) is 4.72. The number of rotatable bonds is 4. The fraction of sp³-hybridized carbons (Fsp3) is 0.0833. The van der Waals surface area contributed by atoms with E-state index in [0.717, 1.165) is 27.6 Å². The van der Waals surface area contributed by atoms with E-state index in [9.17, 15) is 4.79 Å². The van der Waals surface area contributed by atoms with Crippen LogP contribution in [0.25, 0.3) is 22.0 Å². The lowest BCUT2D eigenvalue weighted by Crippen LogP contribution is -2.14. The number of primary amides is 1. The fourth-order valence-corrected chi connectivity index (χ4v) is 3.37. The van der Waals surface area contributed by atoms with Gasteiger partial charge in [-0.2, -0.15) is 5.10 Å². The summed E-state index contributed by atoms with van der Waals surface area (Å²) >= 11 is 0. The van der Waals surface area contributed by atoms with Gasteiger partial charge in [-0.3, -0.25) is 9.48 Å². The first-order chi connectivity index (χ1) is 13.7. The van der Waals surface area contributed by atoms with Gasteiger partial charge in [-0.05, 0) is 35.7 Å². The molecule has 4 rings (SSSR count). The van der Waals surface area contributed by atoms with Crippen molar-refractivity contribution in [1.82, 2.24) is 9.78 Å². The van der Waals surface area contributed by atoms with Gasteiger partial charge < -0.3 is 5.73 Å². The van der Waals surface area contributed by atoms with Gasteiger partial charge in [0.2, 0.25) is 0 Å². The van der Waals surface area contributed by atoms with Crippen molar-refractivity contribution >= 4 is 16.8 Å². The molecule has 1 heterocycles. The van der Waals surface area contributed by atoms with Crippen molar-refractivity contribution in [2.24, 2.45) is 5.73 Å². The standard InChI is InChI=1S/C24H19N3O/c1-2-6-20-13-14-21(24(25)28)23-22(20)15-26-27(23)16-17-9-11-19(12-10-17)18-7-4-3-5-8-18/h3-5,7-15H,16H2,1H3,(H2,25,28). The first-order valence-electron chi connectivity index (χ1n) is 9.03. The highest BCUT2D eigenvalue weighted by Crippen LogP contribution is 2.24. The molecule has 0 aliphatic carbocycles. The molecule has 0 saturated carbocycles. The van der Waals surface area contributed by atoms with Crippen LogP contribution in [0.1, 0.15) is 28.4 Å². The third-order valence-electron chi connectivity index (χ3n) is 4.72. The summed E-state index contributed by atoms with van der Waals surface area (Å²) in [4.78, 5) is 11.9. The zero-order valence-corrected chi connectivity index (χ0v) is 15.5. The average molecular weight is 365 g/mol. The minimum Gasteiger partial charge on any atom is -0.366 e. The third kappa shape index (κ3) is 3.26. The monoisotopic (exact) mass is 365 g/mol. The van der Waals surface area contributed by atoms with E-state index >= 15 is 0 Å². The molecule has 0 aliphatic rings. The molecule has 0 radical (unpaired) electrons. The Morgan fingerprint density at radius 3 is 2.39 bits per heavy atom. The molecular formula is C24H19N3O. The maximum Gasteiger partial charge on any atom is 0.250 e. The number of fused-ring (bicyclic) bond motifs is 1. The minimum absolute atomic E-state index is 0.454. The van der Waals surface area contributed by atoms with Gasteiger partial charge in [0.1, 0.15) is 0 Å². The van der Waals surface area contributed by atoms with Crippen molar-refractivity contribution in [3.63, 3.8) is 0 Å². The van der Waals surface area contributed by atoms with Crippen LogP contribution in [0.5, 0.6) is 0 Å². The number of hydrogen-bond acceptors (Lipinski definition) is 2. The lowest BCUT2D eigenvalue weighted by atomic mass is 10.0. The van der Waals surface area contributed by atoms with Crippen LogP contribution < -0.4 is 5.73 Å². The van der Waals surface area contributed by atoms with Gasteiger partial charge >= 0.3 is 0 Å². The number of benzene rings is 3. The van der Waals surface area contributed by atoms with Gasteiger partial charge in [-0.15, -0.1) is 5.92 Å². The predicted octanol–water partition coefficient (Wildman–Crippen LogP) is 4.22. The van der Waals surface area contributed by atoms with Crippen LogP contribution in [0.3, 0.4) is 0 Å². The molecule has 136 valence electrons. The second-order valence-electron chi connectivity index (χ2n) is 6.53. The lowest BCUT2D eigenvalue weighted by Gasteiger charge is -2.09. The highest BCUT2D eigenvalue weighted by molar-refractivity contribution is 6.06. The van der Waals surface area contributed by atoms with Crippen molar-refractivity contribution in [3.8, 4) is 23.0 Å². The molecule has 4 nitrogen and oxygen atoms in total. The number of nitrogens with two attached hydrogens (primary N) is 1. The van der Waals surface area contributed by atoms with Crippen LogP contribution >= 0.6 is 0 Å². The first-order valence-corrected chi connectivity index (χ1v) is 9.03. The molecule has 4 heteroatoms. The zero-order chi connectivity index (χ0) is 19.5. The fourth-order valence-electron chi connectivity index (χ4n) is 3.37. The average Bonchev–Trinajstić information content (AvgIpc) is 3.13. The molecule has 28 heavy (non-hydrogen) atoms. The summed E-state index contributed by atoms with van der Waals surface area (Å²) in [7, 11) is 0. The van der Waals surface area contributed by atoms with Gasteiger partial charge in [-0.25, -0.2) is 0 Å². The number of carbonyl (C=O) groups excluding carboxylic acids is 1. The van der Waals surface area contributed by atoms with E-state index in [4.69, 9.17) is 5.73 Å². The van der Waals surface area contributed by atoms with E-state index in [1.54, 1.807) is 19.2 Å². The van der Waals surface area contributed by atoms with Crippen LogP contribution in [-0.4, -0.2) is 15.7 Å². The minimum atomic E-state index is -0.470. The highest BCUT2D eigenvalue weighted by atomic mass is 16.1. The number of aromatic nitrogens is 2. The molecular weight excluding hydrogens is 346 g/mol. The SMILES string of the molecule is CC#Cc1ccc(C(N)=O)c2c1cnn2Cc1ccc(-c2ccccc2)cc1. The van der Waals surface area contributed by atoms with Crippen LogP contribution in [0.4, 0.5) is 0 Å². The van der Waals surface area contributed by atoms with E-state index in [0.29, 0.717) is 12.1 Å². The molecule has 0 fully saturated rings. The maximum atomic E-state index is 11.9. The summed E-state index contributed by atoms with van der Waals surface area (Å²) in [6, 6.07) is 22.1. The summed E-state index contributed by atoms with van der Waals surface area (Å²) < 4.78 is 1.81. The highest BCUT2D eigenvalue weighted by Gasteiger charge is 2.15. The smallest absolute Gasteiger partial charge is 0.250 e. The Kier molecular flexibility index (Phi) is 4.65. The number of hydrogen-bond donors (Lipinski definition) is 1. The van der Waals surface area contributed by atoms with Crippen LogP contribution in [-0.2, 0) is 6.54 Å². The van der Waals surface area contributed by atoms with E-state index in [1.165, 1.54) is 5.56 Å². The maximum absolute atomic E-state index is 11.9. The van der Waals surface area contributed by atoms with Crippen LogP contribution in [0.15, 0.2) is 72.9 Å². The number of amides is 1. The molecule has 1 aromatic heterocycles. The predicted molar refractivity (Wildman–Crippen MR) is 112 cm³/mol. The second kappa shape index (κ2) is 7.42. The molecule has 1 amide bonds. The van der Waals surface area contributed by atoms with E-state index in [-0.39, 0.29) is 0 Å². The molecule has 3 aromatic carbocycles. The Hall–Kier alpha value is -3.84. The quantitative estimate of drug-likeness (QED) is 0.550. The Labute approximate surface area is 163 Å². The topological polar surface area (TPSA) is 60.9 Å². The van der Waals surface area contributed by atoms with Gasteiger partial charge in [0.25, 0.3) is 5.91 Å². The largest absolute Gasteiger partial charge is 0.366 e. The van der Waals surface area contributed by atoms with Gasteiger partial charge in [0.15, 0.2) is 0 Å². The van der Waals surface area contributed by atoms with Crippen molar-refractivity contribution in [2.45, 2.75) is 13.5 Å². The van der Waals surface area contributed by atoms with Crippen molar-refractivity contribution in [2.75, 3.05) is 0 Å². The molecule has 0 bridgehead atoms. The van der Waals surface area contributed by atoms with Crippen LogP contribution in [0.2, 0.25) is 0 Å². The molecule has 4 aromatic rings. The lowest BCUT2D eigenvalue weighted by molar-refractivity contribution is 0.100. The molecule has 0 aliphatic heterocycles. The molecule has 2 N–H and O–H groups in total. The normalized spacial score (nSPS) is 10.5. The van der Waals surface area contributed by atoms with Crippen molar-refractivity contribution in [3.05, 3.63) is 89.6 Å². The summed E-state index contributed by atoms with van der Waals surface area (Å²) in [6.45, 7) is 2.33. The van der Waals surface area contributed by atoms with Gasteiger partial charge in [0, 0.05) is 10.9 Å². The van der Waals surface area contributed by atoms with E-state index in [1.807, 2.05) is 28.9 Å². The van der Waals surface area contributed by atoms with Crippen molar-refractivity contribution in [1.29, 1.82) is 0 Å². The van der Waals surface area contributed by atoms with E-state index < -0.39 is 5.91 Å². The second-order valence-corrected chi connectivity index (χ2v) is 6.53. The Morgan fingerprint density at radius 2 is 1.71 bits per heavy atom. The van der Waals surface area contributed by atoms with Crippen molar-refractivity contribution < 1.29 is 4.79 Å². The Balaban J connectivity index is 1.72. The van der Waals surface area contributed by atoms with Gasteiger partial charge in [0.05, 0.1) is 23.8 Å². The summed E-state index contributed by atoms with van der Waals surface area (Å²) in [5, 5.41) is 5.34. The summed E-state index contributed by atoms with van der Waals surface area (Å²) in [5.41, 5.74) is 11.0. The first kappa shape index (κ1) is 17.6. The van der Waals surface area contributed by atoms with E-state index in [2.05, 4.69) is 53.3 Å². The van der Waals surface area contributed by atoms with Gasteiger partial charge in [-0.1, -0.05) is 60.5 Å². The molecule has 0 spiro atoms. The molecule has 0 atom stereocenters. The summed E-state index contributed by atoms with van der Waals surface area (Å²) in [6.07, 6.45) is 1.75. The molecule has 0 saturated heterocycles. The number of nitrogens with zero attached hydrogens (tertiary/aromatic N) is 2. The Morgan fingerprint density at radius 1 is 1.00 bits per heavy atom. The number of carbonyl (C=O) groups is 1. The molecule has 0 unspecified atom stereocenters. The van der Waals surface area contributed by atoms with Crippen LogP contribution in [0, 0.1) is 11.8 Å². The zero-order valence-electron chi connectivity index (χ0n) is 15.5. The Bertz CT molecular complexity index is 1210. The summed E-state index contributed by atoms with van der Waals surface area (Å²) in [5.74, 6) is 5.50.